The van der Waals surface area contributed by atoms with Gasteiger partial charge in [0.1, 0.15) is 19.8 Å². The summed E-state index contributed by atoms with van der Waals surface area (Å²) >= 11 is 0. The van der Waals surface area contributed by atoms with E-state index in [9.17, 15) is 19.0 Å². The number of rotatable bonds is 87. The smallest absolute Gasteiger partial charge is 0.306 e. The van der Waals surface area contributed by atoms with E-state index in [0.717, 1.165) is 44.9 Å². The third-order valence-electron chi connectivity index (χ3n) is 21.2. The van der Waals surface area contributed by atoms with Crippen LogP contribution in [0.5, 0.6) is 0 Å². The summed E-state index contributed by atoms with van der Waals surface area (Å²) in [6, 6.07) is 0. The number of carbonyl (C=O) groups is 2. The van der Waals surface area contributed by atoms with E-state index in [1.54, 1.807) is 0 Å². The third kappa shape index (κ3) is 87.1. The number of nitrogens with zero attached hydrogens (tertiary/aromatic N) is 1. The summed E-state index contributed by atoms with van der Waals surface area (Å²) in [4.78, 5) is 38.3. The van der Waals surface area contributed by atoms with Crippen LogP contribution in [-0.4, -0.2) is 70.0 Å². The lowest BCUT2D eigenvalue weighted by Gasteiger charge is -2.28. The monoisotopic (exact) mass is 1460 g/mol. The van der Waals surface area contributed by atoms with Crippen LogP contribution in [-0.2, 0) is 32.7 Å². The van der Waals surface area contributed by atoms with Crippen LogP contribution in [0.1, 0.15) is 489 Å². The second kappa shape index (κ2) is 83.3. The normalized spacial score (nSPS) is 13.0. The van der Waals surface area contributed by atoms with E-state index in [0.29, 0.717) is 17.4 Å². The van der Waals surface area contributed by atoms with Gasteiger partial charge in [-0.3, -0.25) is 14.2 Å². The summed E-state index contributed by atoms with van der Waals surface area (Å²) in [5.74, 6) is -0.803. The Hall–Kier alpha value is -1.77. The molecule has 102 heavy (non-hydrogen) atoms. The minimum atomic E-state index is -4.65. The Labute approximate surface area is 637 Å². The zero-order valence-corrected chi connectivity index (χ0v) is 70.3. The Kier molecular flexibility index (Phi) is 81.8. The number of hydrogen-bond donors (Lipinski definition) is 0. The lowest BCUT2D eigenvalue weighted by atomic mass is 10.0. The van der Waals surface area contributed by atoms with E-state index >= 15 is 0 Å². The van der Waals surface area contributed by atoms with E-state index in [2.05, 4.69) is 50.3 Å². The van der Waals surface area contributed by atoms with E-state index < -0.39 is 26.5 Å². The first-order valence-corrected chi connectivity index (χ1v) is 47.2. The van der Waals surface area contributed by atoms with Gasteiger partial charge in [-0.05, 0) is 51.4 Å². The molecule has 0 saturated carbocycles. The van der Waals surface area contributed by atoms with Crippen molar-refractivity contribution in [3.05, 3.63) is 36.5 Å². The summed E-state index contributed by atoms with van der Waals surface area (Å²) in [7, 11) is 1.20. The molecule has 2 atom stereocenters. The number of allylic oxidation sites excluding steroid dienone is 6. The predicted molar refractivity (Wildman–Crippen MR) is 444 cm³/mol. The van der Waals surface area contributed by atoms with Gasteiger partial charge in [0.05, 0.1) is 27.7 Å². The lowest BCUT2D eigenvalue weighted by Crippen LogP contribution is -2.37. The first-order valence-electron chi connectivity index (χ1n) is 45.7. The van der Waals surface area contributed by atoms with Gasteiger partial charge in [-0.2, -0.15) is 0 Å². The first kappa shape index (κ1) is 100. The molecule has 0 aromatic carbocycles. The zero-order chi connectivity index (χ0) is 74.0. The Balaban J connectivity index is 3.82. The van der Waals surface area contributed by atoms with Gasteiger partial charge in [0.25, 0.3) is 7.82 Å². The Bertz CT molecular complexity index is 1810. The van der Waals surface area contributed by atoms with Crippen LogP contribution in [0.2, 0.25) is 0 Å². The highest BCUT2D eigenvalue weighted by molar-refractivity contribution is 7.45. The fourth-order valence-electron chi connectivity index (χ4n) is 14.2. The van der Waals surface area contributed by atoms with E-state index in [4.69, 9.17) is 18.5 Å². The van der Waals surface area contributed by atoms with Crippen LogP contribution in [0.3, 0.4) is 0 Å². The van der Waals surface area contributed by atoms with Crippen molar-refractivity contribution in [2.75, 3.05) is 47.5 Å². The number of quaternary nitrogens is 1. The molecule has 0 amide bonds. The minimum absolute atomic E-state index is 0.0268. The van der Waals surface area contributed by atoms with Gasteiger partial charge in [-0.1, -0.05) is 461 Å². The molecular weight excluding hydrogens is 1280 g/mol. The fraction of sp³-hybridized carbons (Fsp3) is 0.913. The molecule has 604 valence electrons. The van der Waals surface area contributed by atoms with Crippen LogP contribution in [0.4, 0.5) is 0 Å². The van der Waals surface area contributed by atoms with Gasteiger partial charge < -0.3 is 27.9 Å². The maximum atomic E-state index is 12.9. The molecule has 0 fully saturated rings. The highest BCUT2D eigenvalue weighted by Gasteiger charge is 2.22. The van der Waals surface area contributed by atoms with E-state index in [1.807, 2.05) is 21.1 Å². The quantitative estimate of drug-likeness (QED) is 0.0195. The molecule has 0 heterocycles. The molecule has 9 nitrogen and oxygen atoms in total. The lowest BCUT2D eigenvalue weighted by molar-refractivity contribution is -0.870. The zero-order valence-electron chi connectivity index (χ0n) is 69.4. The molecule has 0 radical (unpaired) electrons. The predicted octanol–water partition coefficient (Wildman–Crippen LogP) is 30.2. The standard InChI is InChI=1S/C92H178NO8P/c1-6-8-10-12-14-16-18-20-22-24-26-28-30-32-34-36-38-40-42-44-45-46-47-49-50-52-54-56-58-60-62-64-66-68-70-72-74-76-78-80-82-84-91(94)98-88-90(89-100-102(96,97)99-87-86-93(3,4)5)101-92(95)85-83-81-79-77-75-73-71-69-67-65-63-61-59-57-55-53-51-48-43-41-39-37-35-33-31-29-27-25-23-21-19-17-15-13-11-9-7-2/h19,21,25,27,31,33,90H,6-18,20,22-24,26,28-30,32,34-89H2,1-5H3/b21-19-,27-25-,33-31-. The molecule has 0 aromatic heterocycles. The number of esters is 2. The van der Waals surface area contributed by atoms with Crippen molar-refractivity contribution in [2.45, 2.75) is 495 Å². The molecule has 0 saturated heterocycles. The van der Waals surface area contributed by atoms with Crippen molar-refractivity contribution in [2.24, 2.45) is 0 Å². The van der Waals surface area contributed by atoms with Gasteiger partial charge in [0, 0.05) is 12.8 Å². The average Bonchev–Trinajstić information content (AvgIpc) is 0.913. The fourth-order valence-corrected chi connectivity index (χ4v) is 14.9. The molecule has 2 unspecified atom stereocenters. The van der Waals surface area contributed by atoms with Crippen molar-refractivity contribution in [3.63, 3.8) is 0 Å². The topological polar surface area (TPSA) is 111 Å². The molecule has 0 aliphatic heterocycles. The molecule has 0 rings (SSSR count). The number of unbranched alkanes of at least 4 members (excludes halogenated alkanes) is 67. The Morgan fingerprint density at radius 1 is 0.304 bits per heavy atom. The van der Waals surface area contributed by atoms with Gasteiger partial charge in [-0.15, -0.1) is 0 Å². The number of phosphoric ester groups is 1. The van der Waals surface area contributed by atoms with Gasteiger partial charge >= 0.3 is 11.9 Å². The van der Waals surface area contributed by atoms with Gasteiger partial charge in [-0.25, -0.2) is 0 Å². The van der Waals surface area contributed by atoms with Crippen LogP contribution in [0.25, 0.3) is 0 Å². The molecular formula is C92H178NO8P. The first-order chi connectivity index (χ1) is 50.0. The van der Waals surface area contributed by atoms with E-state index in [-0.39, 0.29) is 32.0 Å². The molecule has 0 aromatic rings. The van der Waals surface area contributed by atoms with Crippen LogP contribution >= 0.6 is 7.82 Å². The summed E-state index contributed by atoms with van der Waals surface area (Å²) in [5, 5.41) is 0. The Morgan fingerprint density at radius 3 is 0.784 bits per heavy atom. The van der Waals surface area contributed by atoms with Crippen LogP contribution < -0.4 is 4.89 Å². The largest absolute Gasteiger partial charge is 0.756 e. The van der Waals surface area contributed by atoms with Gasteiger partial charge in [0.2, 0.25) is 0 Å². The Morgan fingerprint density at radius 2 is 0.529 bits per heavy atom. The number of carbonyl (C=O) groups excluding carboxylic acids is 2. The van der Waals surface area contributed by atoms with Crippen molar-refractivity contribution in [1.29, 1.82) is 0 Å². The maximum absolute atomic E-state index is 12.9. The molecule has 0 N–H and O–H groups in total. The summed E-state index contributed by atoms with van der Waals surface area (Å²) in [6.07, 6.45) is 110. The molecule has 0 aliphatic carbocycles. The van der Waals surface area contributed by atoms with Crippen molar-refractivity contribution in [1.82, 2.24) is 0 Å². The average molecular weight is 1460 g/mol. The number of phosphoric acid groups is 1. The molecule has 0 aliphatic rings. The number of likely N-dealkylation sites (N-methyl/N-ethyl adjacent to an activating group) is 1. The highest BCUT2D eigenvalue weighted by atomic mass is 31.2. The molecule has 0 bridgehead atoms. The minimum Gasteiger partial charge on any atom is -0.756 e. The molecule has 0 spiro atoms. The van der Waals surface area contributed by atoms with Crippen molar-refractivity contribution >= 4 is 19.8 Å². The van der Waals surface area contributed by atoms with E-state index in [1.165, 1.54) is 411 Å². The van der Waals surface area contributed by atoms with Crippen LogP contribution in [0.15, 0.2) is 36.5 Å². The summed E-state index contributed by atoms with van der Waals surface area (Å²) in [5.41, 5.74) is 0. The third-order valence-corrected chi connectivity index (χ3v) is 22.1. The number of hydrogen-bond acceptors (Lipinski definition) is 8. The highest BCUT2D eigenvalue weighted by Crippen LogP contribution is 2.38. The summed E-state index contributed by atoms with van der Waals surface area (Å²) < 4.78 is 34.5. The van der Waals surface area contributed by atoms with Gasteiger partial charge in [0.15, 0.2) is 6.10 Å². The van der Waals surface area contributed by atoms with Crippen LogP contribution in [0, 0.1) is 0 Å². The maximum Gasteiger partial charge on any atom is 0.306 e. The summed E-state index contributed by atoms with van der Waals surface area (Å²) in [6.45, 7) is 4.32. The SMILES string of the molecule is CCCCCCC/C=C\C/C=C\C/C=C\CCCCCCCCCCCCCCCCCCCCCCCCC(=O)OC(COC(=O)CCCCCCCCCCCCCCCCCCCCCCCCCCCCCCCCCCCCCCCCCCC)COP(=O)([O-])OCC[N+](C)(C)C. The second-order valence-electron chi connectivity index (χ2n) is 32.7. The van der Waals surface area contributed by atoms with Crippen molar-refractivity contribution in [3.8, 4) is 0 Å². The molecule has 10 heteroatoms. The number of ether oxygens (including phenoxy) is 2. The second-order valence-corrected chi connectivity index (χ2v) is 34.1. The van der Waals surface area contributed by atoms with Crippen molar-refractivity contribution < 1.29 is 42.1 Å².